The number of hydrogen-bond acceptors (Lipinski definition) is 2. The molecule has 2 aromatic rings. The Morgan fingerprint density at radius 3 is 2.79 bits per heavy atom. The number of nitrogens with one attached hydrogen (secondary N) is 2. The summed E-state index contributed by atoms with van der Waals surface area (Å²) in [5.74, 6) is 0.00287. The molecule has 1 amide bonds. The highest BCUT2D eigenvalue weighted by Crippen LogP contribution is 2.18. The molecular formula is C15H19N3O. The lowest BCUT2D eigenvalue weighted by atomic mass is 10.1. The first kappa shape index (κ1) is 12.2. The van der Waals surface area contributed by atoms with Crippen LogP contribution in [0.1, 0.15) is 49.0 Å². The van der Waals surface area contributed by atoms with E-state index in [1.165, 1.54) is 25.7 Å². The fourth-order valence-electron chi connectivity index (χ4n) is 2.78. The number of hydrogen-bond donors (Lipinski definition) is 2. The van der Waals surface area contributed by atoms with Crippen molar-refractivity contribution in [2.45, 2.75) is 44.6 Å². The van der Waals surface area contributed by atoms with E-state index in [1.807, 2.05) is 12.1 Å². The number of carbonyl (C=O) groups excluding carboxylic acids is 1. The van der Waals surface area contributed by atoms with Gasteiger partial charge < -0.3 is 10.3 Å². The van der Waals surface area contributed by atoms with Crippen LogP contribution in [0.4, 0.5) is 0 Å². The van der Waals surface area contributed by atoms with Gasteiger partial charge in [-0.2, -0.15) is 0 Å². The van der Waals surface area contributed by atoms with Crippen LogP contribution in [0.2, 0.25) is 0 Å². The van der Waals surface area contributed by atoms with Crippen LogP contribution in [-0.2, 0) is 0 Å². The summed E-state index contributed by atoms with van der Waals surface area (Å²) in [6.45, 7) is 0. The standard InChI is InChI=1S/C15H19N3O/c19-15(17-12-5-3-1-2-4-6-12)13-9-11-7-8-16-10-14(11)18-13/h7-10,12,18H,1-6H2,(H,17,19). The summed E-state index contributed by atoms with van der Waals surface area (Å²) in [7, 11) is 0. The van der Waals surface area contributed by atoms with Crippen molar-refractivity contribution in [1.82, 2.24) is 15.3 Å². The van der Waals surface area contributed by atoms with Crippen molar-refractivity contribution < 1.29 is 4.79 Å². The van der Waals surface area contributed by atoms with E-state index in [2.05, 4.69) is 15.3 Å². The molecule has 2 heterocycles. The molecule has 2 aromatic heterocycles. The highest BCUT2D eigenvalue weighted by molar-refractivity contribution is 5.97. The van der Waals surface area contributed by atoms with Crippen LogP contribution in [0.5, 0.6) is 0 Å². The largest absolute Gasteiger partial charge is 0.349 e. The van der Waals surface area contributed by atoms with Crippen LogP contribution in [0.25, 0.3) is 10.9 Å². The van der Waals surface area contributed by atoms with Gasteiger partial charge in [-0.15, -0.1) is 0 Å². The molecule has 100 valence electrons. The summed E-state index contributed by atoms with van der Waals surface area (Å²) in [4.78, 5) is 19.4. The third-order valence-corrected chi connectivity index (χ3v) is 3.86. The summed E-state index contributed by atoms with van der Waals surface area (Å²) >= 11 is 0. The minimum absolute atomic E-state index is 0.00287. The number of pyridine rings is 1. The Balaban J connectivity index is 1.72. The maximum absolute atomic E-state index is 12.2. The van der Waals surface area contributed by atoms with E-state index in [0.717, 1.165) is 23.7 Å². The second-order valence-corrected chi connectivity index (χ2v) is 5.31. The molecule has 4 nitrogen and oxygen atoms in total. The Labute approximate surface area is 112 Å². The Bertz CT molecular complexity index is 535. The molecule has 19 heavy (non-hydrogen) atoms. The predicted molar refractivity (Wildman–Crippen MR) is 75.0 cm³/mol. The average Bonchev–Trinajstić information content (AvgIpc) is 2.70. The predicted octanol–water partition coefficient (Wildman–Crippen LogP) is 3.02. The number of H-pyrrole nitrogens is 1. The summed E-state index contributed by atoms with van der Waals surface area (Å²) in [6.07, 6.45) is 10.7. The summed E-state index contributed by atoms with van der Waals surface area (Å²) < 4.78 is 0. The van der Waals surface area contributed by atoms with Gasteiger partial charge >= 0.3 is 0 Å². The number of nitrogens with zero attached hydrogens (tertiary/aromatic N) is 1. The lowest BCUT2D eigenvalue weighted by Crippen LogP contribution is -2.34. The van der Waals surface area contributed by atoms with E-state index in [-0.39, 0.29) is 5.91 Å². The van der Waals surface area contributed by atoms with Crippen molar-refractivity contribution in [2.75, 3.05) is 0 Å². The molecule has 1 aliphatic carbocycles. The highest BCUT2D eigenvalue weighted by Gasteiger charge is 2.16. The van der Waals surface area contributed by atoms with E-state index >= 15 is 0 Å². The van der Waals surface area contributed by atoms with Gasteiger partial charge in [-0.3, -0.25) is 9.78 Å². The Kier molecular flexibility index (Phi) is 3.49. The Hall–Kier alpha value is -1.84. The molecule has 1 fully saturated rings. The zero-order chi connectivity index (χ0) is 13.1. The molecule has 4 heteroatoms. The molecule has 0 aromatic carbocycles. The van der Waals surface area contributed by atoms with Gasteiger partial charge in [-0.1, -0.05) is 25.7 Å². The third kappa shape index (κ3) is 2.78. The molecule has 0 unspecified atom stereocenters. The Morgan fingerprint density at radius 1 is 1.26 bits per heavy atom. The SMILES string of the molecule is O=C(NC1CCCCCC1)c1cc2ccncc2[nH]1. The molecule has 0 spiro atoms. The smallest absolute Gasteiger partial charge is 0.267 e. The first-order chi connectivity index (χ1) is 9.33. The van der Waals surface area contributed by atoms with Gasteiger partial charge in [0.25, 0.3) is 5.91 Å². The van der Waals surface area contributed by atoms with Gasteiger partial charge in [-0.05, 0) is 25.0 Å². The molecule has 0 bridgehead atoms. The number of amides is 1. The van der Waals surface area contributed by atoms with Gasteiger partial charge in [0.05, 0.1) is 11.7 Å². The zero-order valence-corrected chi connectivity index (χ0v) is 11.0. The summed E-state index contributed by atoms with van der Waals surface area (Å²) in [5, 5.41) is 4.17. The van der Waals surface area contributed by atoms with E-state index < -0.39 is 0 Å². The van der Waals surface area contributed by atoms with Crippen molar-refractivity contribution >= 4 is 16.8 Å². The normalized spacial score (nSPS) is 17.3. The molecule has 1 saturated carbocycles. The number of aromatic amines is 1. The molecule has 0 radical (unpaired) electrons. The minimum atomic E-state index is 0.00287. The quantitative estimate of drug-likeness (QED) is 0.812. The van der Waals surface area contributed by atoms with Crippen LogP contribution in [0.15, 0.2) is 24.5 Å². The maximum atomic E-state index is 12.2. The lowest BCUT2D eigenvalue weighted by Gasteiger charge is -2.15. The lowest BCUT2D eigenvalue weighted by molar-refractivity contribution is 0.0929. The molecule has 0 atom stereocenters. The molecular weight excluding hydrogens is 238 g/mol. The van der Waals surface area contributed by atoms with Crippen LogP contribution >= 0.6 is 0 Å². The van der Waals surface area contributed by atoms with Crippen LogP contribution < -0.4 is 5.32 Å². The summed E-state index contributed by atoms with van der Waals surface area (Å²) in [5.41, 5.74) is 1.54. The minimum Gasteiger partial charge on any atom is -0.349 e. The molecule has 1 aliphatic rings. The maximum Gasteiger partial charge on any atom is 0.267 e. The number of rotatable bonds is 2. The first-order valence-corrected chi connectivity index (χ1v) is 7.06. The average molecular weight is 257 g/mol. The van der Waals surface area contributed by atoms with Crippen LogP contribution in [-0.4, -0.2) is 21.9 Å². The van der Waals surface area contributed by atoms with Crippen molar-refractivity contribution in [2.24, 2.45) is 0 Å². The van der Waals surface area contributed by atoms with Gasteiger partial charge in [0.15, 0.2) is 0 Å². The van der Waals surface area contributed by atoms with Crippen LogP contribution in [0.3, 0.4) is 0 Å². The Morgan fingerprint density at radius 2 is 2.05 bits per heavy atom. The number of aromatic nitrogens is 2. The molecule has 0 aliphatic heterocycles. The second-order valence-electron chi connectivity index (χ2n) is 5.31. The third-order valence-electron chi connectivity index (χ3n) is 3.86. The number of carbonyl (C=O) groups is 1. The summed E-state index contributed by atoms with van der Waals surface area (Å²) in [6, 6.07) is 4.14. The van der Waals surface area contributed by atoms with E-state index in [1.54, 1.807) is 12.4 Å². The monoisotopic (exact) mass is 257 g/mol. The van der Waals surface area contributed by atoms with Crippen molar-refractivity contribution in [3.8, 4) is 0 Å². The molecule has 0 saturated heterocycles. The van der Waals surface area contributed by atoms with E-state index in [4.69, 9.17) is 0 Å². The zero-order valence-electron chi connectivity index (χ0n) is 11.0. The fraction of sp³-hybridized carbons (Fsp3) is 0.467. The van der Waals surface area contributed by atoms with Crippen LogP contribution in [0, 0.1) is 0 Å². The van der Waals surface area contributed by atoms with Crippen molar-refractivity contribution in [3.05, 3.63) is 30.2 Å². The van der Waals surface area contributed by atoms with Gasteiger partial charge in [0.1, 0.15) is 5.69 Å². The van der Waals surface area contributed by atoms with E-state index in [0.29, 0.717) is 11.7 Å². The van der Waals surface area contributed by atoms with Crippen molar-refractivity contribution in [1.29, 1.82) is 0 Å². The highest BCUT2D eigenvalue weighted by atomic mass is 16.1. The second kappa shape index (κ2) is 5.43. The number of fused-ring (bicyclic) bond motifs is 1. The first-order valence-electron chi connectivity index (χ1n) is 7.06. The fourth-order valence-corrected chi connectivity index (χ4v) is 2.78. The molecule has 2 N–H and O–H groups in total. The van der Waals surface area contributed by atoms with Gasteiger partial charge in [0.2, 0.25) is 0 Å². The van der Waals surface area contributed by atoms with Crippen molar-refractivity contribution in [3.63, 3.8) is 0 Å². The van der Waals surface area contributed by atoms with E-state index in [9.17, 15) is 4.79 Å². The van der Waals surface area contributed by atoms with Gasteiger partial charge in [-0.25, -0.2) is 0 Å². The topological polar surface area (TPSA) is 57.8 Å². The van der Waals surface area contributed by atoms with Gasteiger partial charge in [0, 0.05) is 17.6 Å². The molecule has 3 rings (SSSR count).